The smallest absolute Gasteiger partial charge is 0.259 e. The van der Waals surface area contributed by atoms with Gasteiger partial charge < -0.3 is 19.9 Å². The molecule has 3 aromatic heterocycles. The number of benzene rings is 1. The maximum atomic E-state index is 12.7. The number of hydrazone groups is 1. The number of hydrogen-bond acceptors (Lipinski definition) is 8. The van der Waals surface area contributed by atoms with Crippen molar-refractivity contribution in [1.29, 1.82) is 0 Å². The minimum absolute atomic E-state index is 0.0154. The summed E-state index contributed by atoms with van der Waals surface area (Å²) in [7, 11) is 0. The van der Waals surface area contributed by atoms with Gasteiger partial charge in [0, 0.05) is 49.6 Å². The summed E-state index contributed by atoms with van der Waals surface area (Å²) in [5.74, 6) is 0.557. The maximum absolute atomic E-state index is 12.7. The lowest BCUT2D eigenvalue weighted by atomic mass is 10.0. The number of morpholine rings is 1. The monoisotopic (exact) mass is 481 g/mol. The van der Waals surface area contributed by atoms with Gasteiger partial charge in [0.15, 0.2) is 0 Å². The van der Waals surface area contributed by atoms with Crippen molar-refractivity contribution in [2.75, 3.05) is 43.1 Å². The second-order valence-corrected chi connectivity index (χ2v) is 8.98. The summed E-state index contributed by atoms with van der Waals surface area (Å²) < 4.78 is 5.46. The van der Waals surface area contributed by atoms with Crippen LogP contribution in [-0.4, -0.2) is 59.0 Å². The average Bonchev–Trinajstić information content (AvgIpc) is 3.39. The van der Waals surface area contributed by atoms with Crippen molar-refractivity contribution in [2.24, 2.45) is 5.10 Å². The second-order valence-electron chi connectivity index (χ2n) is 8.98. The summed E-state index contributed by atoms with van der Waals surface area (Å²) in [5.41, 5.74) is 3.70. The number of nitrogens with zero attached hydrogens (tertiary/aromatic N) is 5. The Morgan fingerprint density at radius 2 is 1.94 bits per heavy atom. The van der Waals surface area contributed by atoms with Crippen LogP contribution in [0.3, 0.4) is 0 Å². The van der Waals surface area contributed by atoms with E-state index in [-0.39, 0.29) is 11.5 Å². The number of aromatic nitrogens is 3. The fourth-order valence-electron chi connectivity index (χ4n) is 4.68. The van der Waals surface area contributed by atoms with E-state index in [9.17, 15) is 4.79 Å². The number of rotatable bonds is 6. The molecule has 36 heavy (non-hydrogen) atoms. The Bertz CT molecular complexity index is 1430. The van der Waals surface area contributed by atoms with Crippen molar-refractivity contribution < 1.29 is 4.74 Å². The highest BCUT2D eigenvalue weighted by Crippen LogP contribution is 2.29. The van der Waals surface area contributed by atoms with E-state index in [0.29, 0.717) is 24.3 Å². The van der Waals surface area contributed by atoms with Crippen molar-refractivity contribution >= 4 is 34.2 Å². The molecular weight excluding hydrogens is 454 g/mol. The molecule has 1 aromatic carbocycles. The summed E-state index contributed by atoms with van der Waals surface area (Å²) >= 11 is 0. The van der Waals surface area contributed by atoms with Crippen molar-refractivity contribution in [1.82, 2.24) is 20.0 Å². The van der Waals surface area contributed by atoms with Crippen LogP contribution in [0.2, 0.25) is 0 Å². The molecule has 0 spiro atoms. The summed E-state index contributed by atoms with van der Waals surface area (Å²) in [4.78, 5) is 27.1. The van der Waals surface area contributed by atoms with Gasteiger partial charge in [-0.15, -0.1) is 0 Å². The van der Waals surface area contributed by atoms with Crippen LogP contribution in [0.1, 0.15) is 17.3 Å². The molecule has 2 aliphatic rings. The van der Waals surface area contributed by atoms with E-state index in [1.54, 1.807) is 12.4 Å². The zero-order chi connectivity index (χ0) is 24.3. The Kier molecular flexibility index (Phi) is 6.05. The predicted molar refractivity (Wildman–Crippen MR) is 141 cm³/mol. The molecule has 6 rings (SSSR count). The zero-order valence-electron chi connectivity index (χ0n) is 19.8. The number of fused-ring (bicyclic) bond motifs is 1. The molecule has 9 heteroatoms. The third-order valence-electron chi connectivity index (χ3n) is 6.55. The topological polar surface area (TPSA) is 98.7 Å². The van der Waals surface area contributed by atoms with Crippen LogP contribution >= 0.6 is 0 Å². The molecule has 0 saturated carbocycles. The largest absolute Gasteiger partial charge is 0.378 e. The molecule has 4 aromatic rings. The fraction of sp³-hybridized carbons (Fsp3) is 0.259. The Labute approximate surface area is 208 Å². The van der Waals surface area contributed by atoms with Crippen molar-refractivity contribution in [3.05, 3.63) is 88.7 Å². The molecule has 0 radical (unpaired) electrons. The summed E-state index contributed by atoms with van der Waals surface area (Å²) in [6, 6.07) is 18.0. The standard InChI is InChI=1S/C27H27N7O2/c35-27-25-19(8-10-29-27)15-24(20-16-30-34(17-20)18-22-3-1-2-9-28-22)32-26(25)31-21-4-6-23(7-5-21)33-11-13-36-14-12-33/h1-10,15-16,20H,11-14,17-18H2,(H,29,35)(H,31,32). The number of hydrogen-bond donors (Lipinski definition) is 2. The van der Waals surface area contributed by atoms with E-state index in [1.807, 2.05) is 53.7 Å². The molecule has 0 amide bonds. The lowest BCUT2D eigenvalue weighted by Crippen LogP contribution is -2.36. The van der Waals surface area contributed by atoms with Gasteiger partial charge in [0.25, 0.3) is 5.56 Å². The van der Waals surface area contributed by atoms with Gasteiger partial charge in [-0.25, -0.2) is 4.98 Å². The molecule has 1 atom stereocenters. The summed E-state index contributed by atoms with van der Waals surface area (Å²) in [6.07, 6.45) is 5.39. The molecule has 182 valence electrons. The van der Waals surface area contributed by atoms with Gasteiger partial charge in [-0.1, -0.05) is 6.07 Å². The highest BCUT2D eigenvalue weighted by molar-refractivity contribution is 5.93. The lowest BCUT2D eigenvalue weighted by molar-refractivity contribution is 0.122. The van der Waals surface area contributed by atoms with Gasteiger partial charge in [-0.3, -0.25) is 14.8 Å². The molecular formula is C27H27N7O2. The highest BCUT2D eigenvalue weighted by Gasteiger charge is 2.23. The first-order valence-corrected chi connectivity index (χ1v) is 12.1. The number of aromatic amines is 1. The van der Waals surface area contributed by atoms with E-state index in [0.717, 1.165) is 54.5 Å². The number of H-pyrrole nitrogens is 1. The number of anilines is 3. The molecule has 1 saturated heterocycles. The van der Waals surface area contributed by atoms with E-state index < -0.39 is 0 Å². The van der Waals surface area contributed by atoms with Crippen molar-refractivity contribution in [3.8, 4) is 0 Å². The molecule has 0 bridgehead atoms. The van der Waals surface area contributed by atoms with Crippen LogP contribution in [0.15, 0.2) is 76.9 Å². The minimum Gasteiger partial charge on any atom is -0.378 e. The Morgan fingerprint density at radius 1 is 1.08 bits per heavy atom. The van der Waals surface area contributed by atoms with Crippen LogP contribution < -0.4 is 15.8 Å². The number of nitrogens with one attached hydrogen (secondary N) is 2. The number of pyridine rings is 3. The second kappa shape index (κ2) is 9.79. The zero-order valence-corrected chi connectivity index (χ0v) is 19.8. The van der Waals surface area contributed by atoms with E-state index >= 15 is 0 Å². The Balaban J connectivity index is 1.26. The molecule has 0 aliphatic carbocycles. The first-order chi connectivity index (χ1) is 17.7. The normalized spacial score (nSPS) is 17.6. The van der Waals surface area contributed by atoms with Crippen molar-refractivity contribution in [2.45, 2.75) is 12.5 Å². The lowest BCUT2D eigenvalue weighted by Gasteiger charge is -2.29. The van der Waals surface area contributed by atoms with Crippen LogP contribution in [0.4, 0.5) is 17.2 Å². The van der Waals surface area contributed by atoms with E-state index in [1.165, 1.54) is 0 Å². The van der Waals surface area contributed by atoms with Gasteiger partial charge in [-0.2, -0.15) is 5.10 Å². The summed E-state index contributed by atoms with van der Waals surface area (Å²) in [6.45, 7) is 4.60. The van der Waals surface area contributed by atoms with E-state index in [4.69, 9.17) is 9.72 Å². The minimum atomic E-state index is -0.171. The predicted octanol–water partition coefficient (Wildman–Crippen LogP) is 3.48. The maximum Gasteiger partial charge on any atom is 0.259 e. The van der Waals surface area contributed by atoms with Gasteiger partial charge >= 0.3 is 0 Å². The SMILES string of the molecule is O=c1[nH]ccc2cc(C3C=NN(Cc4ccccn4)C3)nc(Nc3ccc(N4CCOCC4)cc3)c12. The van der Waals surface area contributed by atoms with Crippen LogP contribution in [0.25, 0.3) is 10.8 Å². The fourth-order valence-corrected chi connectivity index (χ4v) is 4.68. The number of ether oxygens (including phenoxy) is 1. The van der Waals surface area contributed by atoms with Gasteiger partial charge in [0.1, 0.15) is 5.82 Å². The first-order valence-electron chi connectivity index (χ1n) is 12.1. The first kappa shape index (κ1) is 22.2. The van der Waals surface area contributed by atoms with Crippen LogP contribution in [0.5, 0.6) is 0 Å². The van der Waals surface area contributed by atoms with Gasteiger partial charge in [0.05, 0.1) is 42.5 Å². The molecule has 2 aliphatic heterocycles. The van der Waals surface area contributed by atoms with Gasteiger partial charge in [0.2, 0.25) is 0 Å². The van der Waals surface area contributed by atoms with Crippen molar-refractivity contribution in [3.63, 3.8) is 0 Å². The third-order valence-corrected chi connectivity index (χ3v) is 6.55. The van der Waals surface area contributed by atoms with Crippen LogP contribution in [0, 0.1) is 0 Å². The quantitative estimate of drug-likeness (QED) is 0.435. The average molecular weight is 482 g/mol. The Morgan fingerprint density at radius 3 is 2.75 bits per heavy atom. The van der Waals surface area contributed by atoms with Gasteiger partial charge in [-0.05, 0) is 53.9 Å². The summed E-state index contributed by atoms with van der Waals surface area (Å²) in [5, 5.41) is 11.3. The Hall–Kier alpha value is -4.24. The van der Waals surface area contributed by atoms with Crippen LogP contribution in [-0.2, 0) is 11.3 Å². The van der Waals surface area contributed by atoms with E-state index in [2.05, 4.69) is 37.4 Å². The molecule has 1 fully saturated rings. The molecule has 9 nitrogen and oxygen atoms in total. The highest BCUT2D eigenvalue weighted by atomic mass is 16.5. The molecule has 2 N–H and O–H groups in total. The molecule has 1 unspecified atom stereocenters. The molecule has 5 heterocycles. The third kappa shape index (κ3) is 4.65.